The van der Waals surface area contributed by atoms with Gasteiger partial charge in [0.05, 0.1) is 26.3 Å². The third kappa shape index (κ3) is 5.06. The second-order valence-corrected chi connectivity index (χ2v) is 6.88. The van der Waals surface area contributed by atoms with Crippen LogP contribution in [-0.2, 0) is 0 Å². The molecule has 0 heterocycles. The van der Waals surface area contributed by atoms with E-state index in [2.05, 4.69) is 86.0 Å². The van der Waals surface area contributed by atoms with Gasteiger partial charge in [0, 0.05) is 0 Å². The molecule has 4 nitrogen and oxygen atoms in total. The van der Waals surface area contributed by atoms with E-state index in [4.69, 9.17) is 9.47 Å². The van der Waals surface area contributed by atoms with E-state index in [0.717, 1.165) is 37.7 Å². The Morgan fingerprint density at radius 2 is 0.857 bits per heavy atom. The molecule has 0 radical (unpaired) electrons. The number of methoxy groups -OCH3 is 2. The third-order valence-corrected chi connectivity index (χ3v) is 5.63. The summed E-state index contributed by atoms with van der Waals surface area (Å²) >= 11 is 0. The highest BCUT2D eigenvalue weighted by molar-refractivity contribution is 5.35. The Kier molecular flexibility index (Phi) is 8.81. The van der Waals surface area contributed by atoms with Crippen molar-refractivity contribution in [2.24, 2.45) is 0 Å². The second kappa shape index (κ2) is 11.1. The average Bonchev–Trinajstić information content (AvgIpc) is 2.76. The summed E-state index contributed by atoms with van der Waals surface area (Å²) in [5.74, 6) is 1.79. The molecule has 0 spiro atoms. The van der Waals surface area contributed by atoms with Gasteiger partial charge in [-0.1, -0.05) is 52.0 Å². The van der Waals surface area contributed by atoms with Crippen LogP contribution in [0.3, 0.4) is 0 Å². The van der Waals surface area contributed by atoms with E-state index in [-0.39, 0.29) is 12.1 Å². The molecule has 0 amide bonds. The summed E-state index contributed by atoms with van der Waals surface area (Å²) in [6.45, 7) is 13.0. The normalized spacial score (nSPS) is 13.6. The molecule has 2 atom stereocenters. The minimum absolute atomic E-state index is 0.259. The molecule has 0 bridgehead atoms. The molecule has 4 heteroatoms. The molecule has 0 fully saturated rings. The van der Waals surface area contributed by atoms with Crippen molar-refractivity contribution in [2.45, 2.75) is 39.8 Å². The van der Waals surface area contributed by atoms with Gasteiger partial charge in [-0.15, -0.1) is 0 Å². The van der Waals surface area contributed by atoms with Crippen LogP contribution >= 0.6 is 0 Å². The largest absolute Gasteiger partial charge is 0.497 e. The Bertz CT molecular complexity index is 615. The molecule has 0 saturated heterocycles. The molecule has 0 aliphatic rings. The number of ether oxygens (including phenoxy) is 2. The van der Waals surface area contributed by atoms with Gasteiger partial charge in [0.25, 0.3) is 0 Å². The maximum atomic E-state index is 5.38. The predicted molar refractivity (Wildman–Crippen MR) is 117 cm³/mol. The van der Waals surface area contributed by atoms with Crippen LogP contribution in [-0.4, -0.2) is 50.2 Å². The van der Waals surface area contributed by atoms with Crippen molar-refractivity contribution in [1.29, 1.82) is 0 Å². The lowest BCUT2D eigenvalue weighted by atomic mass is 9.90. The van der Waals surface area contributed by atoms with Gasteiger partial charge in [-0.3, -0.25) is 9.80 Å². The maximum absolute atomic E-state index is 5.38. The minimum Gasteiger partial charge on any atom is -0.497 e. The van der Waals surface area contributed by atoms with E-state index >= 15 is 0 Å². The summed E-state index contributed by atoms with van der Waals surface area (Å²) in [7, 11) is 3.43. The summed E-state index contributed by atoms with van der Waals surface area (Å²) in [4.78, 5) is 5.10. The summed E-state index contributed by atoms with van der Waals surface area (Å²) in [6.07, 6.45) is 0. The second-order valence-electron chi connectivity index (χ2n) is 6.88. The molecular weight excluding hydrogens is 348 g/mol. The summed E-state index contributed by atoms with van der Waals surface area (Å²) in [5.41, 5.74) is 2.63. The van der Waals surface area contributed by atoms with Gasteiger partial charge in [-0.2, -0.15) is 0 Å². The molecule has 2 aromatic rings. The molecule has 154 valence electrons. The molecular formula is C24H36N2O2. The van der Waals surface area contributed by atoms with Crippen molar-refractivity contribution in [3.63, 3.8) is 0 Å². The first kappa shape index (κ1) is 22.3. The fourth-order valence-electron chi connectivity index (χ4n) is 4.02. The zero-order valence-electron chi connectivity index (χ0n) is 18.3. The molecule has 28 heavy (non-hydrogen) atoms. The van der Waals surface area contributed by atoms with Gasteiger partial charge < -0.3 is 9.47 Å². The minimum atomic E-state index is 0.259. The van der Waals surface area contributed by atoms with Crippen molar-refractivity contribution in [3.8, 4) is 11.5 Å². The van der Waals surface area contributed by atoms with Crippen LogP contribution in [0.25, 0.3) is 0 Å². The van der Waals surface area contributed by atoms with Gasteiger partial charge >= 0.3 is 0 Å². The lowest BCUT2D eigenvalue weighted by molar-refractivity contribution is 0.0889. The Hall–Kier alpha value is -2.04. The monoisotopic (exact) mass is 384 g/mol. The van der Waals surface area contributed by atoms with E-state index in [0.29, 0.717) is 0 Å². The van der Waals surface area contributed by atoms with Crippen LogP contribution in [0.1, 0.15) is 50.9 Å². The molecule has 2 rings (SSSR count). The zero-order chi connectivity index (χ0) is 20.5. The third-order valence-electron chi connectivity index (χ3n) is 5.63. The number of nitrogens with zero attached hydrogens (tertiary/aromatic N) is 2. The molecule has 0 N–H and O–H groups in total. The number of benzene rings is 2. The smallest absolute Gasteiger partial charge is 0.118 e. The van der Waals surface area contributed by atoms with Crippen LogP contribution in [0.5, 0.6) is 11.5 Å². The fourth-order valence-corrected chi connectivity index (χ4v) is 4.02. The first-order chi connectivity index (χ1) is 13.6. The summed E-state index contributed by atoms with van der Waals surface area (Å²) < 4.78 is 10.8. The van der Waals surface area contributed by atoms with E-state index in [1.807, 2.05) is 0 Å². The highest BCUT2D eigenvalue weighted by atomic mass is 16.5. The van der Waals surface area contributed by atoms with Crippen molar-refractivity contribution in [2.75, 3.05) is 40.4 Å². The number of likely N-dealkylation sites (N-methyl/N-ethyl adjacent to an activating group) is 2. The Labute approximate surface area is 171 Å². The highest BCUT2D eigenvalue weighted by Crippen LogP contribution is 2.39. The molecule has 0 aliphatic heterocycles. The van der Waals surface area contributed by atoms with E-state index < -0.39 is 0 Å². The van der Waals surface area contributed by atoms with E-state index in [1.54, 1.807) is 14.2 Å². The quantitative estimate of drug-likeness (QED) is 0.534. The average molecular weight is 385 g/mol. The number of hydrogen-bond donors (Lipinski definition) is 0. The lowest BCUT2D eigenvalue weighted by Crippen LogP contribution is -2.41. The molecule has 0 aliphatic carbocycles. The Morgan fingerprint density at radius 1 is 0.571 bits per heavy atom. The van der Waals surface area contributed by atoms with Crippen LogP contribution < -0.4 is 9.47 Å². The molecule has 0 aromatic heterocycles. The van der Waals surface area contributed by atoms with Crippen LogP contribution in [0.4, 0.5) is 0 Å². The Morgan fingerprint density at radius 3 is 1.07 bits per heavy atom. The van der Waals surface area contributed by atoms with Crippen LogP contribution in [0.15, 0.2) is 48.5 Å². The van der Waals surface area contributed by atoms with Crippen molar-refractivity contribution >= 4 is 0 Å². The first-order valence-corrected chi connectivity index (χ1v) is 10.4. The van der Waals surface area contributed by atoms with Crippen molar-refractivity contribution < 1.29 is 9.47 Å². The molecule has 0 saturated carbocycles. The van der Waals surface area contributed by atoms with Gasteiger partial charge in [0.15, 0.2) is 0 Å². The van der Waals surface area contributed by atoms with Gasteiger partial charge in [-0.05, 0) is 61.6 Å². The van der Waals surface area contributed by atoms with Gasteiger partial charge in [0.2, 0.25) is 0 Å². The van der Waals surface area contributed by atoms with E-state index in [9.17, 15) is 0 Å². The van der Waals surface area contributed by atoms with Gasteiger partial charge in [-0.25, -0.2) is 0 Å². The van der Waals surface area contributed by atoms with Crippen molar-refractivity contribution in [1.82, 2.24) is 9.80 Å². The predicted octanol–water partition coefficient (Wildman–Crippen LogP) is 5.17. The summed E-state index contributed by atoms with van der Waals surface area (Å²) in [6, 6.07) is 17.6. The SMILES string of the molecule is CCN(CC)C(c1ccc(OC)cc1)C(c1ccc(OC)cc1)N(CC)CC. The number of rotatable bonds is 11. The highest BCUT2D eigenvalue weighted by Gasteiger charge is 2.32. The molecule has 2 aromatic carbocycles. The standard InChI is InChI=1S/C24H36N2O2/c1-7-25(8-2)23(19-11-15-21(27-5)16-12-19)24(26(9-3)10-4)20-13-17-22(28-6)18-14-20/h11-18,23-24H,7-10H2,1-6H3. The van der Waals surface area contributed by atoms with Crippen LogP contribution in [0, 0.1) is 0 Å². The Balaban J connectivity index is 2.57. The maximum Gasteiger partial charge on any atom is 0.118 e. The van der Waals surface area contributed by atoms with Gasteiger partial charge in [0.1, 0.15) is 11.5 Å². The summed E-state index contributed by atoms with van der Waals surface area (Å²) in [5, 5.41) is 0. The lowest BCUT2D eigenvalue weighted by Gasteiger charge is -2.42. The van der Waals surface area contributed by atoms with E-state index in [1.165, 1.54) is 11.1 Å². The van der Waals surface area contributed by atoms with Crippen molar-refractivity contribution in [3.05, 3.63) is 59.7 Å². The fraction of sp³-hybridized carbons (Fsp3) is 0.500. The van der Waals surface area contributed by atoms with Crippen LogP contribution in [0.2, 0.25) is 0 Å². The topological polar surface area (TPSA) is 24.9 Å². The number of hydrogen-bond acceptors (Lipinski definition) is 4. The zero-order valence-corrected chi connectivity index (χ0v) is 18.3. The molecule has 2 unspecified atom stereocenters. The first-order valence-electron chi connectivity index (χ1n) is 10.4.